The van der Waals surface area contributed by atoms with Crippen molar-refractivity contribution in [2.75, 3.05) is 0 Å². The maximum Gasteiger partial charge on any atom is 0.0499 e. The fraction of sp³-hybridized carbons (Fsp3) is 0.600. The summed E-state index contributed by atoms with van der Waals surface area (Å²) < 4.78 is 2.22. The lowest BCUT2D eigenvalue weighted by Crippen LogP contribution is -2.36. The summed E-state index contributed by atoms with van der Waals surface area (Å²) in [4.78, 5) is 0. The fourth-order valence-electron chi connectivity index (χ4n) is 3.24. The van der Waals surface area contributed by atoms with Crippen molar-refractivity contribution in [3.05, 3.63) is 32.7 Å². The first-order valence-electron chi connectivity index (χ1n) is 7.06. The molecule has 0 amide bonds. The molecule has 0 spiro atoms. The van der Waals surface area contributed by atoms with Gasteiger partial charge in [0.15, 0.2) is 0 Å². The third-order valence-electron chi connectivity index (χ3n) is 4.35. The van der Waals surface area contributed by atoms with Gasteiger partial charge in [0.1, 0.15) is 0 Å². The molecule has 1 fully saturated rings. The largest absolute Gasteiger partial charge is 0.271 e. The highest BCUT2D eigenvalue weighted by molar-refractivity contribution is 9.11. The number of hydrogen-bond donors (Lipinski definition) is 2. The Labute approximate surface area is 132 Å². The van der Waals surface area contributed by atoms with Crippen molar-refractivity contribution in [1.82, 2.24) is 5.43 Å². The minimum absolute atomic E-state index is 0.247. The van der Waals surface area contributed by atoms with E-state index in [4.69, 9.17) is 5.84 Å². The topological polar surface area (TPSA) is 38.0 Å². The molecule has 2 nitrogen and oxygen atoms in total. The van der Waals surface area contributed by atoms with Crippen molar-refractivity contribution in [3.8, 4) is 0 Å². The summed E-state index contributed by atoms with van der Waals surface area (Å²) in [5.41, 5.74) is 4.32. The van der Waals surface area contributed by atoms with Crippen molar-refractivity contribution in [3.63, 3.8) is 0 Å². The number of hydrogen-bond acceptors (Lipinski definition) is 2. The third kappa shape index (κ3) is 3.81. The van der Waals surface area contributed by atoms with E-state index in [2.05, 4.69) is 62.4 Å². The van der Waals surface area contributed by atoms with E-state index in [-0.39, 0.29) is 6.04 Å². The van der Waals surface area contributed by atoms with Crippen LogP contribution in [0.2, 0.25) is 0 Å². The summed E-state index contributed by atoms with van der Waals surface area (Å²) in [7, 11) is 0. The Morgan fingerprint density at radius 1 is 1.37 bits per heavy atom. The first-order valence-corrected chi connectivity index (χ1v) is 8.65. The van der Waals surface area contributed by atoms with Crippen molar-refractivity contribution in [1.29, 1.82) is 0 Å². The molecule has 1 aliphatic carbocycles. The van der Waals surface area contributed by atoms with Gasteiger partial charge < -0.3 is 0 Å². The maximum atomic E-state index is 5.85. The monoisotopic (exact) mass is 388 g/mol. The Kier molecular flexibility index (Phi) is 5.87. The molecule has 1 aromatic rings. The molecule has 3 unspecified atom stereocenters. The molecule has 0 heterocycles. The van der Waals surface area contributed by atoms with E-state index in [0.717, 1.165) is 14.9 Å². The molecule has 0 bridgehead atoms. The van der Waals surface area contributed by atoms with E-state index in [1.54, 1.807) is 0 Å². The summed E-state index contributed by atoms with van der Waals surface area (Å²) in [6.45, 7) is 2.30. The molecule has 0 radical (unpaired) electrons. The number of halogens is 2. The van der Waals surface area contributed by atoms with Crippen LogP contribution in [0, 0.1) is 11.8 Å². The second-order valence-electron chi connectivity index (χ2n) is 5.51. The molecule has 3 atom stereocenters. The highest BCUT2D eigenvalue weighted by Crippen LogP contribution is 2.40. The second-order valence-corrected chi connectivity index (χ2v) is 7.28. The van der Waals surface area contributed by atoms with Gasteiger partial charge in [-0.3, -0.25) is 11.3 Å². The number of nitrogens with two attached hydrogens (primary N) is 1. The number of rotatable bonds is 4. The molecule has 19 heavy (non-hydrogen) atoms. The van der Waals surface area contributed by atoms with Crippen LogP contribution in [0.3, 0.4) is 0 Å². The summed E-state index contributed by atoms with van der Waals surface area (Å²) in [6, 6.07) is 6.59. The molecule has 3 N–H and O–H groups in total. The number of hydrazine groups is 1. The molecular weight excluding hydrogens is 368 g/mol. The van der Waals surface area contributed by atoms with Gasteiger partial charge in [-0.05, 0) is 42.4 Å². The van der Waals surface area contributed by atoms with Crippen LogP contribution in [0.1, 0.15) is 50.6 Å². The highest BCUT2D eigenvalue weighted by Gasteiger charge is 2.29. The Bertz CT molecular complexity index is 423. The summed E-state index contributed by atoms with van der Waals surface area (Å²) in [5, 5.41) is 0. The van der Waals surface area contributed by atoms with E-state index in [9.17, 15) is 0 Å². The predicted octanol–water partition coefficient (Wildman–Crippen LogP) is 4.93. The zero-order valence-electron chi connectivity index (χ0n) is 11.3. The van der Waals surface area contributed by atoms with E-state index in [0.29, 0.717) is 5.92 Å². The van der Waals surface area contributed by atoms with Gasteiger partial charge in [-0.15, -0.1) is 0 Å². The molecule has 0 saturated heterocycles. The van der Waals surface area contributed by atoms with Crippen LogP contribution in [0.4, 0.5) is 0 Å². The molecular formula is C15H22Br2N2. The summed E-state index contributed by atoms with van der Waals surface area (Å²) in [6.07, 6.45) is 6.55. The van der Waals surface area contributed by atoms with E-state index < -0.39 is 0 Å². The number of benzene rings is 1. The van der Waals surface area contributed by atoms with Gasteiger partial charge in [-0.1, -0.05) is 64.1 Å². The Balaban J connectivity index is 2.19. The van der Waals surface area contributed by atoms with Gasteiger partial charge in [0.25, 0.3) is 0 Å². The summed E-state index contributed by atoms with van der Waals surface area (Å²) in [5.74, 6) is 7.35. The van der Waals surface area contributed by atoms with Crippen molar-refractivity contribution < 1.29 is 0 Å². The third-order valence-corrected chi connectivity index (χ3v) is 5.53. The first kappa shape index (κ1) is 15.5. The lowest BCUT2D eigenvalue weighted by molar-refractivity contribution is 0.209. The molecule has 2 rings (SSSR count). The molecule has 106 valence electrons. The zero-order valence-corrected chi connectivity index (χ0v) is 14.5. The molecule has 1 saturated carbocycles. The predicted molar refractivity (Wildman–Crippen MR) is 87.6 cm³/mol. The van der Waals surface area contributed by atoms with Crippen LogP contribution in [0.15, 0.2) is 27.1 Å². The lowest BCUT2D eigenvalue weighted by atomic mass is 9.75. The molecule has 0 aliphatic heterocycles. The maximum absolute atomic E-state index is 5.85. The normalized spacial score (nSPS) is 25.3. The van der Waals surface area contributed by atoms with Crippen LogP contribution in [-0.4, -0.2) is 0 Å². The SMILES string of the molecule is CCC1CCCC(C(NN)c2ccc(Br)cc2Br)C1. The Morgan fingerprint density at radius 2 is 2.16 bits per heavy atom. The highest BCUT2D eigenvalue weighted by atomic mass is 79.9. The number of nitrogens with one attached hydrogen (secondary N) is 1. The zero-order chi connectivity index (χ0) is 13.8. The Morgan fingerprint density at radius 3 is 2.79 bits per heavy atom. The van der Waals surface area contributed by atoms with E-state index >= 15 is 0 Å². The van der Waals surface area contributed by atoms with Crippen molar-refractivity contribution in [2.24, 2.45) is 17.7 Å². The van der Waals surface area contributed by atoms with Crippen molar-refractivity contribution in [2.45, 2.75) is 45.1 Å². The average molecular weight is 390 g/mol. The van der Waals surface area contributed by atoms with Crippen LogP contribution in [0.5, 0.6) is 0 Å². The van der Waals surface area contributed by atoms with Gasteiger partial charge in [0.2, 0.25) is 0 Å². The van der Waals surface area contributed by atoms with Crippen LogP contribution < -0.4 is 11.3 Å². The van der Waals surface area contributed by atoms with Gasteiger partial charge in [0.05, 0.1) is 0 Å². The fourth-order valence-corrected chi connectivity index (χ4v) is 4.53. The van der Waals surface area contributed by atoms with Gasteiger partial charge in [-0.2, -0.15) is 0 Å². The quantitative estimate of drug-likeness (QED) is 0.565. The van der Waals surface area contributed by atoms with Crippen LogP contribution in [-0.2, 0) is 0 Å². The van der Waals surface area contributed by atoms with Gasteiger partial charge in [0, 0.05) is 15.0 Å². The lowest BCUT2D eigenvalue weighted by Gasteiger charge is -2.34. The minimum Gasteiger partial charge on any atom is -0.271 e. The molecule has 4 heteroatoms. The van der Waals surface area contributed by atoms with Crippen LogP contribution >= 0.6 is 31.9 Å². The van der Waals surface area contributed by atoms with Crippen LogP contribution in [0.25, 0.3) is 0 Å². The second kappa shape index (κ2) is 7.21. The van der Waals surface area contributed by atoms with E-state index in [1.165, 1.54) is 37.7 Å². The molecule has 1 aliphatic rings. The van der Waals surface area contributed by atoms with Gasteiger partial charge >= 0.3 is 0 Å². The molecule has 1 aromatic carbocycles. The summed E-state index contributed by atoms with van der Waals surface area (Å²) >= 11 is 7.16. The average Bonchev–Trinajstić information content (AvgIpc) is 2.42. The minimum atomic E-state index is 0.247. The Hall–Kier alpha value is 0.1000. The smallest absolute Gasteiger partial charge is 0.0499 e. The van der Waals surface area contributed by atoms with Gasteiger partial charge in [-0.25, -0.2) is 0 Å². The first-order chi connectivity index (χ1) is 9.15. The standard InChI is InChI=1S/C15H22Br2N2/c1-2-10-4-3-5-11(8-10)15(19-18)13-7-6-12(16)9-14(13)17/h6-7,9-11,15,19H,2-5,8,18H2,1H3. The molecule has 0 aromatic heterocycles. The van der Waals surface area contributed by atoms with Crippen molar-refractivity contribution >= 4 is 31.9 Å². The van der Waals surface area contributed by atoms with E-state index in [1.807, 2.05) is 0 Å².